The largest absolute Gasteiger partial charge is 0.481 e. The van der Waals surface area contributed by atoms with Crippen molar-refractivity contribution in [3.63, 3.8) is 0 Å². The second-order valence-electron chi connectivity index (χ2n) is 6.23. The number of carboxylic acid groups (broad SMARTS) is 1. The molecule has 0 atom stereocenters. The average molecular weight is 293 g/mol. The highest BCUT2D eigenvalue weighted by Crippen LogP contribution is 2.44. The van der Waals surface area contributed by atoms with E-state index in [1.54, 1.807) is 22.8 Å². The topological polar surface area (TPSA) is 75.4 Å². The number of hydrogen-bond acceptors (Lipinski definition) is 3. The monoisotopic (exact) mass is 293 g/mol. The van der Waals surface area contributed by atoms with Crippen molar-refractivity contribution >= 4 is 11.9 Å². The Morgan fingerprint density at radius 2 is 2.05 bits per heavy atom. The number of aromatic nitrogens is 2. The normalized spacial score (nSPS) is 16.9. The SMILES string of the molecule is CN(Cc1cnn(C)c1)C(=O)CC1(CC(=O)O)CCCC1. The average Bonchev–Trinajstić information content (AvgIpc) is 2.98. The second-order valence-corrected chi connectivity index (χ2v) is 6.23. The third-order valence-corrected chi connectivity index (χ3v) is 4.32. The zero-order valence-electron chi connectivity index (χ0n) is 12.7. The van der Waals surface area contributed by atoms with Crippen molar-refractivity contribution in [1.29, 1.82) is 0 Å². The van der Waals surface area contributed by atoms with Crippen molar-refractivity contribution in [2.75, 3.05) is 7.05 Å². The Labute approximate surface area is 124 Å². The van der Waals surface area contributed by atoms with Gasteiger partial charge >= 0.3 is 5.97 Å². The molecule has 0 unspecified atom stereocenters. The molecule has 0 aromatic carbocycles. The maximum atomic E-state index is 12.4. The second kappa shape index (κ2) is 6.28. The molecule has 0 radical (unpaired) electrons. The van der Waals surface area contributed by atoms with Crippen LogP contribution in [0.25, 0.3) is 0 Å². The van der Waals surface area contributed by atoms with Gasteiger partial charge in [-0.15, -0.1) is 0 Å². The predicted molar refractivity (Wildman–Crippen MR) is 77.5 cm³/mol. The van der Waals surface area contributed by atoms with Gasteiger partial charge in [0.05, 0.1) is 12.6 Å². The first-order chi connectivity index (χ1) is 9.90. The van der Waals surface area contributed by atoms with Crippen LogP contribution in [0.15, 0.2) is 12.4 Å². The van der Waals surface area contributed by atoms with Gasteiger partial charge in [0, 0.05) is 38.8 Å². The maximum Gasteiger partial charge on any atom is 0.303 e. The van der Waals surface area contributed by atoms with Gasteiger partial charge in [0.25, 0.3) is 0 Å². The van der Waals surface area contributed by atoms with Crippen LogP contribution in [0.3, 0.4) is 0 Å². The van der Waals surface area contributed by atoms with Gasteiger partial charge in [-0.05, 0) is 18.3 Å². The fraction of sp³-hybridized carbons (Fsp3) is 0.667. The number of rotatable bonds is 6. The molecule has 6 nitrogen and oxygen atoms in total. The van der Waals surface area contributed by atoms with Crippen LogP contribution in [0.5, 0.6) is 0 Å². The van der Waals surface area contributed by atoms with Gasteiger partial charge in [0.1, 0.15) is 0 Å². The van der Waals surface area contributed by atoms with E-state index in [1.807, 2.05) is 13.2 Å². The Hall–Kier alpha value is -1.85. The van der Waals surface area contributed by atoms with E-state index in [2.05, 4.69) is 5.10 Å². The van der Waals surface area contributed by atoms with Crippen molar-refractivity contribution in [2.45, 2.75) is 45.1 Å². The third-order valence-electron chi connectivity index (χ3n) is 4.32. The molecule has 0 saturated heterocycles. The highest BCUT2D eigenvalue weighted by Gasteiger charge is 2.38. The van der Waals surface area contributed by atoms with Crippen LogP contribution >= 0.6 is 0 Å². The van der Waals surface area contributed by atoms with E-state index in [0.717, 1.165) is 31.2 Å². The molecule has 21 heavy (non-hydrogen) atoms. The summed E-state index contributed by atoms with van der Waals surface area (Å²) in [5, 5.41) is 13.2. The number of carbonyl (C=O) groups excluding carboxylic acids is 1. The van der Waals surface area contributed by atoms with Gasteiger partial charge < -0.3 is 10.0 Å². The molecule has 6 heteroatoms. The molecule has 2 rings (SSSR count). The van der Waals surface area contributed by atoms with E-state index < -0.39 is 5.97 Å². The van der Waals surface area contributed by atoms with Gasteiger partial charge in [0.2, 0.25) is 5.91 Å². The predicted octanol–water partition coefficient (Wildman–Crippen LogP) is 1.80. The Morgan fingerprint density at radius 3 is 2.57 bits per heavy atom. The summed E-state index contributed by atoms with van der Waals surface area (Å²) in [4.78, 5) is 25.1. The summed E-state index contributed by atoms with van der Waals surface area (Å²) < 4.78 is 1.70. The van der Waals surface area contributed by atoms with Crippen molar-refractivity contribution in [2.24, 2.45) is 12.5 Å². The van der Waals surface area contributed by atoms with Crippen LogP contribution in [0.2, 0.25) is 0 Å². The van der Waals surface area contributed by atoms with Gasteiger partial charge in [-0.1, -0.05) is 12.8 Å². The van der Waals surface area contributed by atoms with Crippen LogP contribution in [0.4, 0.5) is 0 Å². The van der Waals surface area contributed by atoms with Crippen LogP contribution in [0, 0.1) is 5.41 Å². The molecular formula is C15H23N3O3. The van der Waals surface area contributed by atoms with Crippen LogP contribution < -0.4 is 0 Å². The van der Waals surface area contributed by atoms with E-state index >= 15 is 0 Å². The molecule has 0 spiro atoms. The molecule has 1 heterocycles. The van der Waals surface area contributed by atoms with Crippen LogP contribution in [0.1, 0.15) is 44.1 Å². The summed E-state index contributed by atoms with van der Waals surface area (Å²) in [6.45, 7) is 0.510. The van der Waals surface area contributed by atoms with E-state index in [-0.39, 0.29) is 17.7 Å². The zero-order valence-corrected chi connectivity index (χ0v) is 12.7. The Kier molecular flexibility index (Phi) is 4.65. The van der Waals surface area contributed by atoms with Crippen molar-refractivity contribution < 1.29 is 14.7 Å². The molecular weight excluding hydrogens is 270 g/mol. The lowest BCUT2D eigenvalue weighted by Crippen LogP contribution is -2.33. The molecule has 1 aliphatic carbocycles. The van der Waals surface area contributed by atoms with Gasteiger partial charge in [0.15, 0.2) is 0 Å². The van der Waals surface area contributed by atoms with Crippen LogP contribution in [-0.2, 0) is 23.2 Å². The van der Waals surface area contributed by atoms with E-state index in [1.165, 1.54) is 0 Å². The molecule has 1 aromatic heterocycles. The molecule has 1 fully saturated rings. The lowest BCUT2D eigenvalue weighted by Gasteiger charge is -2.28. The number of carboxylic acids is 1. The maximum absolute atomic E-state index is 12.4. The zero-order chi connectivity index (χ0) is 15.5. The van der Waals surface area contributed by atoms with E-state index in [4.69, 9.17) is 5.11 Å². The minimum absolute atomic E-state index is 0.0157. The fourth-order valence-corrected chi connectivity index (χ4v) is 3.23. The van der Waals surface area contributed by atoms with Crippen LogP contribution in [-0.4, -0.2) is 38.7 Å². The lowest BCUT2D eigenvalue weighted by molar-refractivity contribution is -0.141. The summed E-state index contributed by atoms with van der Waals surface area (Å²) in [5.41, 5.74) is 0.638. The first-order valence-corrected chi connectivity index (χ1v) is 7.33. The van der Waals surface area contributed by atoms with E-state index in [9.17, 15) is 9.59 Å². The molecule has 0 bridgehead atoms. The van der Waals surface area contributed by atoms with Gasteiger partial charge in [-0.3, -0.25) is 14.3 Å². The first kappa shape index (κ1) is 15.5. The Bertz CT molecular complexity index is 518. The van der Waals surface area contributed by atoms with Gasteiger partial charge in [-0.25, -0.2) is 0 Å². The summed E-state index contributed by atoms with van der Waals surface area (Å²) in [7, 11) is 3.60. The minimum Gasteiger partial charge on any atom is -0.481 e. The number of amides is 1. The number of carbonyl (C=O) groups is 2. The quantitative estimate of drug-likeness (QED) is 0.868. The molecule has 1 aliphatic rings. The highest BCUT2D eigenvalue weighted by atomic mass is 16.4. The van der Waals surface area contributed by atoms with E-state index in [0.29, 0.717) is 13.0 Å². The summed E-state index contributed by atoms with van der Waals surface area (Å²) in [6.07, 6.45) is 7.77. The molecule has 116 valence electrons. The standard InChI is InChI=1S/C15H23N3O3/c1-17(10-12-9-16-18(2)11-12)13(19)7-15(8-14(20)21)5-3-4-6-15/h9,11H,3-8,10H2,1-2H3,(H,20,21). The molecule has 1 N–H and O–H groups in total. The fourth-order valence-electron chi connectivity index (χ4n) is 3.23. The Morgan fingerprint density at radius 1 is 1.38 bits per heavy atom. The van der Waals surface area contributed by atoms with Crippen molar-refractivity contribution in [3.8, 4) is 0 Å². The smallest absolute Gasteiger partial charge is 0.303 e. The summed E-state index contributed by atoms with van der Waals surface area (Å²) in [6, 6.07) is 0. The molecule has 1 aromatic rings. The number of aryl methyl sites for hydroxylation is 1. The molecule has 1 amide bonds. The summed E-state index contributed by atoms with van der Waals surface area (Å²) in [5.74, 6) is -0.790. The number of hydrogen-bond donors (Lipinski definition) is 1. The summed E-state index contributed by atoms with van der Waals surface area (Å²) >= 11 is 0. The third kappa shape index (κ3) is 4.06. The number of aliphatic carboxylic acids is 1. The van der Waals surface area contributed by atoms with Crippen molar-refractivity contribution in [3.05, 3.63) is 18.0 Å². The molecule has 0 aliphatic heterocycles. The minimum atomic E-state index is -0.806. The number of nitrogens with zero attached hydrogens (tertiary/aromatic N) is 3. The molecule has 1 saturated carbocycles. The van der Waals surface area contributed by atoms with Crippen molar-refractivity contribution in [1.82, 2.24) is 14.7 Å². The Balaban J connectivity index is 1.96. The highest BCUT2D eigenvalue weighted by molar-refractivity contribution is 5.78. The first-order valence-electron chi connectivity index (χ1n) is 7.33. The van der Waals surface area contributed by atoms with Gasteiger partial charge in [-0.2, -0.15) is 5.10 Å². The lowest BCUT2D eigenvalue weighted by atomic mass is 9.79.